The number of carbonyl (C=O) groups excluding carboxylic acids is 10. The molecule has 45 heteroatoms. The number of benzene rings is 4. The minimum atomic E-state index is -1.94. The number of halogens is 3. The highest BCUT2D eigenvalue weighted by Crippen LogP contribution is 2.44. The van der Waals surface area contributed by atoms with Gasteiger partial charge in [-0.3, -0.25) is 43.2 Å². The van der Waals surface area contributed by atoms with Crippen molar-refractivity contribution >= 4 is 110 Å². The third-order valence-corrected chi connectivity index (χ3v) is 29.2. The van der Waals surface area contributed by atoms with Crippen LogP contribution in [-0.4, -0.2) is 287 Å². The molecule has 8 heterocycles. The maximum atomic E-state index is 14.4. The van der Waals surface area contributed by atoms with E-state index in [1.165, 1.54) is 67.2 Å². The van der Waals surface area contributed by atoms with E-state index in [2.05, 4.69) is 57.2 Å². The van der Waals surface area contributed by atoms with Crippen LogP contribution in [0, 0.1) is 43.9 Å². The number of aliphatic hydroxyl groups excluding tert-OH is 5. The summed E-state index contributed by atoms with van der Waals surface area (Å²) in [7, 11) is 2.51. The number of carbonyl (C=O) groups is 11. The van der Waals surface area contributed by atoms with E-state index in [0.717, 1.165) is 71.6 Å². The first-order chi connectivity index (χ1) is 68.8. The van der Waals surface area contributed by atoms with E-state index in [1.54, 1.807) is 133 Å². The van der Waals surface area contributed by atoms with Crippen molar-refractivity contribution in [2.45, 2.75) is 290 Å². The summed E-state index contributed by atoms with van der Waals surface area (Å²) in [6, 6.07) is 15.3. The van der Waals surface area contributed by atoms with Crippen LogP contribution in [0.5, 0.6) is 23.0 Å². The van der Waals surface area contributed by atoms with Crippen molar-refractivity contribution in [1.82, 2.24) is 71.9 Å². The van der Waals surface area contributed by atoms with Crippen molar-refractivity contribution < 1.29 is 126 Å². The molecule has 804 valence electrons. The predicted octanol–water partition coefficient (Wildman–Crippen LogP) is 8.96. The quantitative estimate of drug-likeness (QED) is 0.0225. The lowest BCUT2D eigenvalue weighted by Gasteiger charge is -2.35. The molecule has 3 aliphatic carbocycles. The van der Waals surface area contributed by atoms with Crippen LogP contribution in [0.4, 0.5) is 13.2 Å². The van der Waals surface area contributed by atoms with E-state index in [1.807, 2.05) is 72.7 Å². The van der Waals surface area contributed by atoms with Crippen molar-refractivity contribution in [3.05, 3.63) is 140 Å². The minimum Gasteiger partial charge on any atom is -0.508 e. The number of β-amino-alcohol motifs (C(OH)–C–C–N with tert-alkyl or cyclic N) is 3. The fraction of sp³-hybridized carbons (Fsp3) is 0.539. The van der Waals surface area contributed by atoms with Crippen LogP contribution in [0.2, 0.25) is 0 Å². The van der Waals surface area contributed by atoms with Crippen molar-refractivity contribution in [3.63, 3.8) is 0 Å². The van der Waals surface area contributed by atoms with Crippen molar-refractivity contribution in [2.24, 2.45) is 22.0 Å². The molecule has 3 saturated carbocycles. The van der Waals surface area contributed by atoms with Gasteiger partial charge in [0.1, 0.15) is 65.4 Å². The van der Waals surface area contributed by atoms with Gasteiger partial charge in [-0.05, 0) is 156 Å². The second-order valence-electron chi connectivity index (χ2n) is 41.4. The number of hydrogen-bond donors (Lipinski definition) is 18. The Labute approximate surface area is 867 Å². The van der Waals surface area contributed by atoms with E-state index in [-0.39, 0.29) is 156 Å². The van der Waals surface area contributed by atoms with Crippen LogP contribution in [0.25, 0.3) is 41.8 Å². The van der Waals surface area contributed by atoms with E-state index < -0.39 is 147 Å². The number of nitrogens with one attached hydrogen (secondary N) is 7. The summed E-state index contributed by atoms with van der Waals surface area (Å²) in [5.74, 6) is -6.03. The van der Waals surface area contributed by atoms with Gasteiger partial charge in [0.05, 0.1) is 101 Å². The molecule has 7 aliphatic rings. The summed E-state index contributed by atoms with van der Waals surface area (Å²) in [4.78, 5) is 161. The molecule has 19 N–H and O–H groups in total. The standard InChI is InChI=1S/C27H35FN4O5S.C26H33FN4O5S.C22H30N4O4S.C16H19N3O3S.C6H12O3.C4H5FO2.CH4O/c1-15-21(38-14-30-15)16-6-7-17(20(33)10-16)12-29-23(34)19-11-18(37-5)13-32(19)24(35)22(26(2,3)4)31-25(36)27(28)8-9-27;1-14-20(37-13-29-14)15-5-6-16(19(33)9-15)11-28-22(34)18-10-17(32)12-31(18)23(35)21(25(2,3)4)30-24(36)26(27)7-8-26;1-12-18(31-11-25-12)13-5-6-14(17(28)7-13)9-24-20(29)16-8-15(27)10-26(16)21(30)19(23)22(2,3)4;1-9-15(23-8-19-9)10-2-3-11(14(21)4-10)6-18-16(22)13-5-12(20)7-17-13;1-6(2,3)9-5(8)4-7;5-4(1-2-4)3(6)7;1-2/h6-7,10,14,18-19,22,33H,8-9,11-13H2,1-5H3,(H,29,34)(H,31,36);5-6,9,13,17-18,21,32-33H,7-8,10-12H2,1-4H3,(H,28,34)(H,30,36);5-7,11,15-16,19,27-28H,8-10,23H2,1-4H3,(H,24,29);2-4,8,12-13,17,20-21H,5-7H2,1H3,(H,18,22);7H,4H2,1-3H3;1-2H2,(H,6,7);2H,1H3/t18-,19+,22-;17-,18+,21-;15-,16+,19-;12-,13+;;;/m1111.../s1. The van der Waals surface area contributed by atoms with Crippen molar-refractivity contribution in [1.29, 1.82) is 0 Å². The van der Waals surface area contributed by atoms with E-state index in [4.69, 9.17) is 30.5 Å². The fourth-order valence-corrected chi connectivity index (χ4v) is 19.2. The molecule has 9 amide bonds. The van der Waals surface area contributed by atoms with Gasteiger partial charge >= 0.3 is 11.9 Å². The zero-order chi connectivity index (χ0) is 109. The Bertz CT molecular complexity index is 5960. The number of amides is 9. The molecule has 0 spiro atoms. The predicted molar refractivity (Wildman–Crippen MR) is 547 cm³/mol. The van der Waals surface area contributed by atoms with E-state index in [9.17, 15) is 102 Å². The van der Waals surface area contributed by atoms with Crippen molar-refractivity contribution in [3.8, 4) is 64.8 Å². The number of thiazole rings is 4. The summed E-state index contributed by atoms with van der Waals surface area (Å²) < 4.78 is 50.9. The first kappa shape index (κ1) is 119. The highest BCUT2D eigenvalue weighted by Gasteiger charge is 2.56. The number of likely N-dealkylation sites (tertiary alicyclic amines) is 3. The smallest absolute Gasteiger partial charge is 0.341 e. The Morgan fingerprint density at radius 3 is 1.00 bits per heavy atom. The zero-order valence-corrected chi connectivity index (χ0v) is 89.0. The van der Waals surface area contributed by atoms with Crippen LogP contribution < -0.4 is 43.0 Å². The van der Waals surface area contributed by atoms with Gasteiger partial charge in [0.15, 0.2) is 11.3 Å². The number of methoxy groups -OCH3 is 1. The molecule has 4 aliphatic heterocycles. The number of phenols is 4. The average molecular weight is 2130 g/mol. The third-order valence-electron chi connectivity index (χ3n) is 25.3. The van der Waals surface area contributed by atoms with Gasteiger partial charge in [0.2, 0.25) is 47.0 Å². The monoisotopic (exact) mass is 2130 g/mol. The number of ether oxygens (including phenoxy) is 2. The van der Waals surface area contributed by atoms with Crippen molar-refractivity contribution in [2.75, 3.05) is 47.0 Å². The first-order valence-electron chi connectivity index (χ1n) is 47.9. The van der Waals surface area contributed by atoms with Gasteiger partial charge in [-0.15, -0.1) is 45.3 Å². The summed E-state index contributed by atoms with van der Waals surface area (Å²) in [5, 5.41) is 114. The first-order valence-corrected chi connectivity index (χ1v) is 51.5. The summed E-state index contributed by atoms with van der Waals surface area (Å²) in [5.41, 5.74) is 14.2. The minimum absolute atomic E-state index is 0.0146. The number of alkyl halides is 3. The fourth-order valence-electron chi connectivity index (χ4n) is 16.0. The Morgan fingerprint density at radius 1 is 0.456 bits per heavy atom. The molecule has 15 rings (SSSR count). The molecule has 38 nitrogen and oxygen atoms in total. The molecule has 4 saturated heterocycles. The summed E-state index contributed by atoms with van der Waals surface area (Å²) in [6.07, 6.45) is -0.723. The number of aromatic hydroxyl groups is 4. The van der Waals surface area contributed by atoms with Crippen LogP contribution in [-0.2, 0) is 88.4 Å². The molecule has 0 radical (unpaired) electrons. The number of nitrogens with two attached hydrogens (primary N) is 1. The molecular formula is C102H138F3N15O23S4. The van der Waals surface area contributed by atoms with E-state index >= 15 is 0 Å². The van der Waals surface area contributed by atoms with Gasteiger partial charge in [0, 0.05) is 108 Å². The number of aliphatic hydroxyl groups is 5. The molecule has 0 unspecified atom stereocenters. The topological polar surface area (TPSA) is 580 Å². The maximum absolute atomic E-state index is 14.4. The van der Waals surface area contributed by atoms with Gasteiger partial charge < -0.3 is 118 Å². The second kappa shape index (κ2) is 50.5. The Hall–Kier alpha value is -11.8. The Kier molecular flexibility index (Phi) is 40.8. The lowest BCUT2D eigenvalue weighted by atomic mass is 9.85. The SMILES string of the molecule is CC(C)(C)OC(=O)CO.CO.CO[C@@H]1C[C@@H](C(=O)NCc2ccc(-c3scnc3C)cc2O)N(C(=O)[C@@H](NC(=O)C2(F)CC2)C(C)(C)C)C1.Cc1ncsc1-c1ccc(CNC(=O)[C@@H]2C[C@@H](O)CN2)c(O)c1.Cc1ncsc1-c1ccc(CNC(=O)[C@@H]2C[C@@H](O)CN2C(=O)[C@@H](N)C(C)(C)C)c(O)c1.Cc1ncsc1-c1ccc(CNC(=O)[C@@H]2C[C@@H](O)CN2C(=O)[C@@H](NC(=O)C2(F)CC2)C(C)(C)C)c(O)c1.O=C(O)C1(F)CC1. The Balaban J connectivity index is 0.000000208. The Morgan fingerprint density at radius 2 is 0.762 bits per heavy atom. The van der Waals surface area contributed by atoms with Crippen LogP contribution in [0.1, 0.15) is 192 Å². The molecule has 8 aromatic rings. The molecule has 0 bridgehead atoms. The number of aromatic nitrogens is 4. The number of carboxylic acids is 1. The number of hydrogen-bond acceptors (Lipinski definition) is 32. The maximum Gasteiger partial charge on any atom is 0.341 e. The normalized spacial score (nSPS) is 20.2. The lowest BCUT2D eigenvalue weighted by Crippen LogP contribution is -2.59. The lowest BCUT2D eigenvalue weighted by molar-refractivity contribution is -0.158. The van der Waals surface area contributed by atoms with Gasteiger partial charge in [0.25, 0.3) is 11.8 Å². The number of aliphatic carboxylic acids is 1. The second-order valence-corrected chi connectivity index (χ2v) is 44.8. The molecule has 147 heavy (non-hydrogen) atoms. The van der Waals surface area contributed by atoms with Crippen LogP contribution >= 0.6 is 45.3 Å². The molecular weight excluding hydrogens is 1990 g/mol. The molecule has 4 aromatic heterocycles. The summed E-state index contributed by atoms with van der Waals surface area (Å²) >= 11 is 5.97. The summed E-state index contributed by atoms with van der Waals surface area (Å²) in [6.45, 7) is 29.5. The van der Waals surface area contributed by atoms with E-state index in [0.29, 0.717) is 35.2 Å². The number of aryl methyl sites for hydroxylation is 4. The molecule has 11 atom stereocenters. The number of carboxylic acid groups (broad SMARTS) is 1. The third kappa shape index (κ3) is 32.4. The van der Waals surface area contributed by atoms with Gasteiger partial charge in [-0.1, -0.05) is 111 Å². The number of rotatable bonds is 26. The zero-order valence-electron chi connectivity index (χ0n) is 85.8. The largest absolute Gasteiger partial charge is 0.508 e. The highest BCUT2D eigenvalue weighted by atomic mass is 32.1. The number of nitrogens with zero attached hydrogens (tertiary/aromatic N) is 7. The van der Waals surface area contributed by atoms with Crippen LogP contribution in [0.15, 0.2) is 94.8 Å². The average Bonchev–Trinajstić information content (AvgIpc) is 1.63. The molecule has 4 aromatic carbocycles. The highest BCUT2D eigenvalue weighted by molar-refractivity contribution is 7.14. The molecule has 7 fully saturated rings. The van der Waals surface area contributed by atoms with Gasteiger partial charge in [-0.25, -0.2) is 42.7 Å². The number of esters is 1. The van der Waals surface area contributed by atoms with Crippen LogP contribution in [0.3, 0.4) is 0 Å². The van der Waals surface area contributed by atoms with Gasteiger partial charge in [-0.2, -0.15) is 0 Å². The number of phenolic OH excluding ortho intramolecular Hbond substituents is 4.